The molecule has 0 radical (unpaired) electrons. The number of hydrogen-bond donors (Lipinski definition) is 2. The first-order chi connectivity index (χ1) is 7.43. The van der Waals surface area contributed by atoms with Gasteiger partial charge in [-0.25, -0.2) is 9.59 Å². The molecule has 0 aromatic heterocycles. The molecule has 0 amide bonds. The van der Waals surface area contributed by atoms with Crippen molar-refractivity contribution in [2.45, 2.75) is 6.42 Å². The van der Waals surface area contributed by atoms with Crippen LogP contribution < -0.4 is 0 Å². The predicted octanol–water partition coefficient (Wildman–Crippen LogP) is 1.10. The number of carbonyl (C=O) groups is 2. The zero-order valence-electron chi connectivity index (χ0n) is 9.38. The van der Waals surface area contributed by atoms with Crippen LogP contribution in [0.4, 0.5) is 0 Å². The zero-order valence-corrected chi connectivity index (χ0v) is 11.0. The van der Waals surface area contributed by atoms with Crippen molar-refractivity contribution in [2.75, 3.05) is 32.1 Å². The molecule has 0 saturated carbocycles. The number of hydrogen-bond acceptors (Lipinski definition) is 5. The summed E-state index contributed by atoms with van der Waals surface area (Å²) in [7, 11) is 8.36. The molecule has 1 aliphatic heterocycles. The van der Waals surface area contributed by atoms with Crippen molar-refractivity contribution in [3.63, 3.8) is 0 Å². The second-order valence-electron chi connectivity index (χ2n) is 3.64. The third kappa shape index (κ3) is 8.87. The molecular formula is C9H17NO4S2. The van der Waals surface area contributed by atoms with E-state index >= 15 is 0 Å². The Morgan fingerprint density at radius 2 is 1.62 bits per heavy atom. The average Bonchev–Trinajstić information content (AvgIpc) is 2.67. The molecule has 0 aromatic carbocycles. The van der Waals surface area contributed by atoms with Gasteiger partial charge in [0.15, 0.2) is 0 Å². The Balaban J connectivity index is 0.000000325. The van der Waals surface area contributed by atoms with Gasteiger partial charge in [0.1, 0.15) is 0 Å². The van der Waals surface area contributed by atoms with Crippen LogP contribution in [0.15, 0.2) is 0 Å². The lowest BCUT2D eigenvalue weighted by molar-refractivity contribution is -0.159. The van der Waals surface area contributed by atoms with E-state index < -0.39 is 11.9 Å². The minimum absolute atomic E-state index is 0.984. The summed E-state index contributed by atoms with van der Waals surface area (Å²) in [5.74, 6) is 0.0826. The summed E-state index contributed by atoms with van der Waals surface area (Å²) in [6, 6.07) is 0. The third-order valence-electron chi connectivity index (χ3n) is 1.86. The fraction of sp³-hybridized carbons (Fsp3) is 0.778. The molecule has 0 aromatic rings. The molecule has 1 aliphatic rings. The molecule has 16 heavy (non-hydrogen) atoms. The molecule has 0 spiro atoms. The standard InChI is InChI=1S/C7H15NS2.C2H2O4/c1-8(2)4-3-7-5-9-10-6-7;3-1(4)2(5)6/h7H,3-6H2,1-2H3;(H,3,4)(H,5,6). The van der Waals surface area contributed by atoms with E-state index in [1.165, 1.54) is 24.5 Å². The van der Waals surface area contributed by atoms with Crippen molar-refractivity contribution in [1.29, 1.82) is 0 Å². The summed E-state index contributed by atoms with van der Waals surface area (Å²) >= 11 is 0. The van der Waals surface area contributed by atoms with E-state index in [0.29, 0.717) is 0 Å². The van der Waals surface area contributed by atoms with Crippen molar-refractivity contribution >= 4 is 33.5 Å². The Bertz CT molecular complexity index is 218. The molecule has 0 bridgehead atoms. The van der Waals surface area contributed by atoms with Crippen LogP contribution in [0.25, 0.3) is 0 Å². The molecule has 5 nitrogen and oxygen atoms in total. The van der Waals surface area contributed by atoms with Crippen LogP contribution in [0, 0.1) is 5.92 Å². The van der Waals surface area contributed by atoms with Gasteiger partial charge in [-0.2, -0.15) is 0 Å². The van der Waals surface area contributed by atoms with Gasteiger partial charge in [0, 0.05) is 11.5 Å². The van der Waals surface area contributed by atoms with E-state index in [0.717, 1.165) is 5.92 Å². The lowest BCUT2D eigenvalue weighted by Crippen LogP contribution is -2.17. The van der Waals surface area contributed by atoms with Crippen LogP contribution in [0.2, 0.25) is 0 Å². The van der Waals surface area contributed by atoms with Crippen LogP contribution >= 0.6 is 21.6 Å². The maximum absolute atomic E-state index is 9.10. The Kier molecular flexibility index (Phi) is 8.50. The Morgan fingerprint density at radius 1 is 1.19 bits per heavy atom. The molecule has 1 heterocycles. The normalized spacial score (nSPS) is 15.7. The number of nitrogens with zero attached hydrogens (tertiary/aromatic N) is 1. The van der Waals surface area contributed by atoms with E-state index in [2.05, 4.69) is 19.0 Å². The summed E-state index contributed by atoms with van der Waals surface area (Å²) in [4.78, 5) is 20.5. The molecule has 1 rings (SSSR count). The van der Waals surface area contributed by atoms with Crippen molar-refractivity contribution in [2.24, 2.45) is 5.92 Å². The van der Waals surface area contributed by atoms with E-state index in [1.807, 2.05) is 21.6 Å². The van der Waals surface area contributed by atoms with Crippen molar-refractivity contribution in [3.05, 3.63) is 0 Å². The Hall–Kier alpha value is -0.400. The van der Waals surface area contributed by atoms with Gasteiger partial charge >= 0.3 is 11.9 Å². The topological polar surface area (TPSA) is 77.8 Å². The van der Waals surface area contributed by atoms with Crippen LogP contribution in [0.1, 0.15) is 6.42 Å². The summed E-state index contributed by atoms with van der Waals surface area (Å²) in [5, 5.41) is 14.8. The second kappa shape index (κ2) is 8.72. The largest absolute Gasteiger partial charge is 0.473 e. The van der Waals surface area contributed by atoms with Gasteiger partial charge in [-0.15, -0.1) is 0 Å². The lowest BCUT2D eigenvalue weighted by Gasteiger charge is -2.11. The maximum Gasteiger partial charge on any atom is 0.414 e. The first-order valence-corrected chi connectivity index (χ1v) is 7.27. The molecule has 1 saturated heterocycles. The fourth-order valence-electron chi connectivity index (χ4n) is 0.944. The SMILES string of the molecule is CN(C)CCC1CSSC1.O=C(O)C(=O)O. The van der Waals surface area contributed by atoms with Crippen molar-refractivity contribution < 1.29 is 19.8 Å². The van der Waals surface area contributed by atoms with Gasteiger partial charge in [0.25, 0.3) is 0 Å². The summed E-state index contributed by atoms with van der Waals surface area (Å²) in [6.45, 7) is 1.26. The quantitative estimate of drug-likeness (QED) is 0.585. The first kappa shape index (κ1) is 15.6. The van der Waals surface area contributed by atoms with Gasteiger partial charge in [-0.05, 0) is 33.0 Å². The van der Waals surface area contributed by atoms with Crippen molar-refractivity contribution in [1.82, 2.24) is 4.90 Å². The van der Waals surface area contributed by atoms with E-state index in [1.54, 1.807) is 0 Å². The first-order valence-electron chi connectivity index (χ1n) is 4.78. The Morgan fingerprint density at radius 3 is 1.94 bits per heavy atom. The number of carboxylic acids is 2. The van der Waals surface area contributed by atoms with Gasteiger partial charge in [0.2, 0.25) is 0 Å². The number of aliphatic carboxylic acids is 2. The van der Waals surface area contributed by atoms with E-state index in [-0.39, 0.29) is 0 Å². The molecule has 0 atom stereocenters. The smallest absolute Gasteiger partial charge is 0.414 e. The van der Waals surface area contributed by atoms with Gasteiger partial charge in [-0.3, -0.25) is 0 Å². The average molecular weight is 267 g/mol. The molecule has 2 N–H and O–H groups in total. The van der Waals surface area contributed by atoms with E-state index in [9.17, 15) is 0 Å². The molecular weight excluding hydrogens is 250 g/mol. The van der Waals surface area contributed by atoms with Crippen LogP contribution in [0.5, 0.6) is 0 Å². The highest BCUT2D eigenvalue weighted by molar-refractivity contribution is 8.77. The van der Waals surface area contributed by atoms with Gasteiger partial charge in [-0.1, -0.05) is 21.6 Å². The minimum Gasteiger partial charge on any atom is -0.473 e. The predicted molar refractivity (Wildman–Crippen MR) is 66.8 cm³/mol. The summed E-state index contributed by atoms with van der Waals surface area (Å²) in [6.07, 6.45) is 1.38. The zero-order chi connectivity index (χ0) is 12.6. The van der Waals surface area contributed by atoms with Gasteiger partial charge < -0.3 is 15.1 Å². The lowest BCUT2D eigenvalue weighted by atomic mass is 10.1. The number of rotatable bonds is 3. The van der Waals surface area contributed by atoms with Crippen LogP contribution in [-0.4, -0.2) is 59.2 Å². The minimum atomic E-state index is -1.82. The Labute approximate surface area is 103 Å². The van der Waals surface area contributed by atoms with Gasteiger partial charge in [0.05, 0.1) is 0 Å². The maximum atomic E-state index is 9.10. The highest BCUT2D eigenvalue weighted by Crippen LogP contribution is 2.35. The van der Waals surface area contributed by atoms with Crippen LogP contribution in [0.3, 0.4) is 0 Å². The monoisotopic (exact) mass is 267 g/mol. The summed E-state index contributed by atoms with van der Waals surface area (Å²) < 4.78 is 0. The third-order valence-corrected chi connectivity index (χ3v) is 4.56. The summed E-state index contributed by atoms with van der Waals surface area (Å²) in [5.41, 5.74) is 0. The molecule has 0 unspecified atom stereocenters. The van der Waals surface area contributed by atoms with Crippen molar-refractivity contribution in [3.8, 4) is 0 Å². The highest BCUT2D eigenvalue weighted by Gasteiger charge is 2.15. The highest BCUT2D eigenvalue weighted by atomic mass is 33.1. The molecule has 1 fully saturated rings. The molecule has 7 heteroatoms. The fourth-order valence-corrected chi connectivity index (χ4v) is 3.97. The molecule has 0 aliphatic carbocycles. The van der Waals surface area contributed by atoms with E-state index in [4.69, 9.17) is 19.8 Å². The molecule has 94 valence electrons. The number of carboxylic acid groups (broad SMARTS) is 2. The second-order valence-corrected chi connectivity index (χ2v) is 6.19. The van der Waals surface area contributed by atoms with Crippen LogP contribution in [-0.2, 0) is 9.59 Å².